The number of halogens is 5. The molecule has 0 amide bonds. The van der Waals surface area contributed by atoms with Crippen molar-refractivity contribution >= 4 is 79.6 Å². The Bertz CT molecular complexity index is 466. The first kappa shape index (κ1) is 20.5. The highest BCUT2D eigenvalue weighted by Crippen LogP contribution is 2.44. The average molecular weight is 619 g/mol. The van der Waals surface area contributed by atoms with Crippen LogP contribution in [-0.2, 0) is 16.1 Å². The van der Waals surface area contributed by atoms with Crippen molar-refractivity contribution in [3.8, 4) is 0 Å². The average Bonchev–Trinajstić information content (AvgIpc) is 2.48. The number of ether oxygens (including phenoxy) is 2. The summed E-state index contributed by atoms with van der Waals surface area (Å²) in [5, 5.41) is 8.92. The van der Waals surface area contributed by atoms with Crippen LogP contribution in [0.2, 0.25) is 0 Å². The number of hydrogen-bond acceptors (Lipinski definition) is 3. The molecule has 0 aromatic heterocycles. The SMILES string of the molecule is CC(CO)OCC(C)OCc1c(Br)c(Br)c(Br)c(Br)c1Br. The predicted molar refractivity (Wildman–Crippen MR) is 102 cm³/mol. The van der Waals surface area contributed by atoms with E-state index in [1.165, 1.54) is 0 Å². The lowest BCUT2D eigenvalue weighted by Crippen LogP contribution is -2.22. The van der Waals surface area contributed by atoms with Gasteiger partial charge in [0.15, 0.2) is 0 Å². The largest absolute Gasteiger partial charge is 0.394 e. The Morgan fingerprint density at radius 2 is 1.29 bits per heavy atom. The molecule has 2 atom stereocenters. The number of rotatable bonds is 7. The lowest BCUT2D eigenvalue weighted by atomic mass is 10.2. The smallest absolute Gasteiger partial charge is 0.0785 e. The lowest BCUT2D eigenvalue weighted by Gasteiger charge is -2.18. The van der Waals surface area contributed by atoms with Gasteiger partial charge in [-0.05, 0) is 93.5 Å². The van der Waals surface area contributed by atoms with Gasteiger partial charge >= 0.3 is 0 Å². The maximum absolute atomic E-state index is 8.92. The fraction of sp³-hybridized carbons (Fsp3) is 0.538. The van der Waals surface area contributed by atoms with Crippen LogP contribution in [0.1, 0.15) is 19.4 Å². The Labute approximate surface area is 166 Å². The van der Waals surface area contributed by atoms with Crippen molar-refractivity contribution < 1.29 is 14.6 Å². The fourth-order valence-corrected chi connectivity index (χ4v) is 4.76. The second-order valence-electron chi connectivity index (χ2n) is 4.50. The van der Waals surface area contributed by atoms with Crippen LogP contribution in [0.25, 0.3) is 0 Å². The van der Waals surface area contributed by atoms with Crippen molar-refractivity contribution in [2.75, 3.05) is 13.2 Å². The Balaban J connectivity index is 2.72. The summed E-state index contributed by atoms with van der Waals surface area (Å²) in [6.07, 6.45) is -0.246. The highest BCUT2D eigenvalue weighted by atomic mass is 79.9. The third kappa shape index (κ3) is 5.81. The van der Waals surface area contributed by atoms with Gasteiger partial charge in [0.25, 0.3) is 0 Å². The van der Waals surface area contributed by atoms with E-state index < -0.39 is 0 Å². The summed E-state index contributed by atoms with van der Waals surface area (Å²) >= 11 is 17.7. The van der Waals surface area contributed by atoms with E-state index in [1.807, 2.05) is 13.8 Å². The van der Waals surface area contributed by atoms with E-state index in [9.17, 15) is 0 Å². The molecule has 0 radical (unpaired) electrons. The van der Waals surface area contributed by atoms with Crippen LogP contribution in [0.15, 0.2) is 22.4 Å². The topological polar surface area (TPSA) is 38.7 Å². The predicted octanol–water partition coefficient (Wildman–Crippen LogP) is 5.80. The summed E-state index contributed by atoms with van der Waals surface area (Å²) in [7, 11) is 0. The molecule has 0 aliphatic rings. The van der Waals surface area contributed by atoms with E-state index in [-0.39, 0.29) is 18.8 Å². The molecule has 1 aromatic rings. The molecule has 8 heteroatoms. The molecule has 1 N–H and O–H groups in total. The molecule has 2 unspecified atom stereocenters. The molecule has 0 fully saturated rings. The molecule has 3 nitrogen and oxygen atoms in total. The highest BCUT2D eigenvalue weighted by molar-refractivity contribution is 9.15. The summed E-state index contributed by atoms with van der Waals surface area (Å²) in [6.45, 7) is 4.65. The zero-order valence-electron chi connectivity index (χ0n) is 11.4. The first-order valence-corrected chi connectivity index (χ1v) is 10.1. The van der Waals surface area contributed by atoms with Crippen LogP contribution >= 0.6 is 79.6 Å². The molecule has 0 aliphatic heterocycles. The third-order valence-corrected chi connectivity index (χ3v) is 8.94. The number of benzene rings is 1. The van der Waals surface area contributed by atoms with Crippen LogP contribution in [0.5, 0.6) is 0 Å². The Hall–Kier alpha value is 1.50. The summed E-state index contributed by atoms with van der Waals surface area (Å²) in [5.74, 6) is 0. The van der Waals surface area contributed by atoms with E-state index in [0.29, 0.717) is 13.2 Å². The van der Waals surface area contributed by atoms with Gasteiger partial charge in [-0.3, -0.25) is 0 Å². The van der Waals surface area contributed by atoms with Gasteiger partial charge in [0.05, 0.1) is 32.0 Å². The molecule has 0 bridgehead atoms. The minimum atomic E-state index is -0.175. The Kier molecular flexibility index (Phi) is 9.50. The molecule has 120 valence electrons. The van der Waals surface area contributed by atoms with Gasteiger partial charge in [0.2, 0.25) is 0 Å². The minimum absolute atomic E-state index is 0.0103. The van der Waals surface area contributed by atoms with Gasteiger partial charge < -0.3 is 14.6 Å². The number of aliphatic hydroxyl groups is 1. The maximum Gasteiger partial charge on any atom is 0.0785 e. The second kappa shape index (κ2) is 9.71. The first-order valence-electron chi connectivity index (χ1n) is 6.13. The van der Waals surface area contributed by atoms with Gasteiger partial charge in [0, 0.05) is 27.9 Å². The molecule has 1 rings (SSSR count). The zero-order chi connectivity index (χ0) is 16.2. The molecular formula is C13H15Br5O3. The van der Waals surface area contributed by atoms with Crippen molar-refractivity contribution in [1.82, 2.24) is 0 Å². The quantitative estimate of drug-likeness (QED) is 0.310. The van der Waals surface area contributed by atoms with Crippen LogP contribution in [-0.4, -0.2) is 30.5 Å². The third-order valence-electron chi connectivity index (χ3n) is 2.69. The lowest BCUT2D eigenvalue weighted by molar-refractivity contribution is -0.0507. The van der Waals surface area contributed by atoms with E-state index in [2.05, 4.69) is 79.6 Å². The van der Waals surface area contributed by atoms with Gasteiger partial charge in [-0.2, -0.15) is 0 Å². The van der Waals surface area contributed by atoms with E-state index in [0.717, 1.165) is 27.9 Å². The minimum Gasteiger partial charge on any atom is -0.394 e. The molecule has 1 aromatic carbocycles. The normalized spacial score (nSPS) is 14.3. The Morgan fingerprint density at radius 3 is 1.76 bits per heavy atom. The number of aliphatic hydroxyl groups excluding tert-OH is 1. The van der Waals surface area contributed by atoms with Gasteiger partial charge in [-0.1, -0.05) is 0 Å². The van der Waals surface area contributed by atoms with Gasteiger partial charge in [0.1, 0.15) is 0 Å². The maximum atomic E-state index is 8.92. The summed E-state index contributed by atoms with van der Waals surface area (Å²) in [6, 6.07) is 0. The van der Waals surface area contributed by atoms with Crippen LogP contribution in [0.3, 0.4) is 0 Å². The van der Waals surface area contributed by atoms with Crippen LogP contribution < -0.4 is 0 Å². The van der Waals surface area contributed by atoms with E-state index >= 15 is 0 Å². The van der Waals surface area contributed by atoms with Crippen LogP contribution in [0.4, 0.5) is 0 Å². The molecule has 21 heavy (non-hydrogen) atoms. The van der Waals surface area contributed by atoms with E-state index in [4.69, 9.17) is 14.6 Å². The summed E-state index contributed by atoms with van der Waals surface area (Å²) < 4.78 is 15.9. The summed E-state index contributed by atoms with van der Waals surface area (Å²) in [4.78, 5) is 0. The molecule has 0 aliphatic carbocycles. The van der Waals surface area contributed by atoms with Crippen LogP contribution in [0, 0.1) is 0 Å². The van der Waals surface area contributed by atoms with Crippen molar-refractivity contribution in [2.45, 2.75) is 32.7 Å². The second-order valence-corrected chi connectivity index (χ2v) is 8.46. The van der Waals surface area contributed by atoms with Crippen molar-refractivity contribution in [3.05, 3.63) is 27.9 Å². The molecule has 0 saturated heterocycles. The highest BCUT2D eigenvalue weighted by Gasteiger charge is 2.18. The zero-order valence-corrected chi connectivity index (χ0v) is 19.4. The van der Waals surface area contributed by atoms with Gasteiger partial charge in [-0.25, -0.2) is 0 Å². The standard InChI is InChI=1S/C13H15Br5O3/c1-6(3-19)20-4-7(2)21-5-8-9(14)11(16)13(18)12(17)10(8)15/h6-7,19H,3-5H2,1-2H3. The monoisotopic (exact) mass is 614 g/mol. The van der Waals surface area contributed by atoms with Crippen molar-refractivity contribution in [1.29, 1.82) is 0 Å². The fourth-order valence-electron chi connectivity index (χ4n) is 1.40. The van der Waals surface area contributed by atoms with Crippen molar-refractivity contribution in [3.63, 3.8) is 0 Å². The molecule has 0 saturated carbocycles. The van der Waals surface area contributed by atoms with Gasteiger partial charge in [-0.15, -0.1) is 0 Å². The number of hydrogen-bond donors (Lipinski definition) is 1. The molecule has 0 spiro atoms. The van der Waals surface area contributed by atoms with Crippen molar-refractivity contribution in [2.24, 2.45) is 0 Å². The summed E-state index contributed by atoms with van der Waals surface area (Å²) in [5.41, 5.74) is 0.999. The first-order chi connectivity index (χ1) is 9.79. The van der Waals surface area contributed by atoms with E-state index in [1.54, 1.807) is 0 Å². The molecular weight excluding hydrogens is 604 g/mol. The Morgan fingerprint density at radius 1 is 0.810 bits per heavy atom. The molecule has 0 heterocycles.